The van der Waals surface area contributed by atoms with E-state index < -0.39 is 5.41 Å². The van der Waals surface area contributed by atoms with Crippen LogP contribution in [-0.2, 0) is 11.8 Å². The molecule has 0 radical (unpaired) electrons. The molecule has 0 saturated heterocycles. The van der Waals surface area contributed by atoms with E-state index in [9.17, 15) is 0 Å². The molecule has 8 aromatic carbocycles. The van der Waals surface area contributed by atoms with Gasteiger partial charge in [0.25, 0.3) is 0 Å². The molecule has 0 amide bonds. The number of benzene rings is 8. The molecule has 11 aromatic rings. The molecule has 0 bridgehead atoms. The summed E-state index contributed by atoms with van der Waals surface area (Å²) in [5.74, 6) is 0.697. The summed E-state index contributed by atoms with van der Waals surface area (Å²) in [4.78, 5) is 13.6. The zero-order valence-corrected chi connectivity index (χ0v) is 33.2. The van der Waals surface area contributed by atoms with E-state index in [4.69, 9.17) is 9.97 Å². The minimum Gasteiger partial charge on any atom is -0.309 e. The molecule has 0 fully saturated rings. The Morgan fingerprint density at radius 3 is 2.02 bits per heavy atom. The number of aromatic nitrogens is 4. The van der Waals surface area contributed by atoms with E-state index in [0.29, 0.717) is 5.95 Å². The van der Waals surface area contributed by atoms with Crippen LogP contribution in [0.4, 0.5) is 0 Å². The molecular weight excluding hydrogens is 749 g/mol. The highest BCUT2D eigenvalue weighted by molar-refractivity contribution is 7.99. The third-order valence-corrected chi connectivity index (χ3v) is 14.7. The third kappa shape index (κ3) is 4.12. The highest BCUT2D eigenvalue weighted by Crippen LogP contribution is 2.62. The maximum atomic E-state index is 5.63. The van der Waals surface area contributed by atoms with Crippen molar-refractivity contribution in [1.29, 1.82) is 0 Å². The Balaban J connectivity index is 1.13. The fourth-order valence-corrected chi connectivity index (χ4v) is 12.4. The Morgan fingerprint density at radius 2 is 1.13 bits per heavy atom. The monoisotopic (exact) mass is 782 g/mol. The van der Waals surface area contributed by atoms with E-state index in [2.05, 4.69) is 191 Å². The topological polar surface area (TPSA) is 35.6 Å². The highest BCUT2D eigenvalue weighted by Gasteiger charge is 2.50. The number of para-hydroxylation sites is 5. The molecule has 2 aliphatic heterocycles. The summed E-state index contributed by atoms with van der Waals surface area (Å²) < 4.78 is 4.89. The zero-order chi connectivity index (χ0) is 39.1. The van der Waals surface area contributed by atoms with Crippen LogP contribution in [0.2, 0.25) is 0 Å². The molecule has 3 aromatic heterocycles. The van der Waals surface area contributed by atoms with Gasteiger partial charge >= 0.3 is 0 Å². The first-order chi connectivity index (χ1) is 29.8. The van der Waals surface area contributed by atoms with E-state index in [1.807, 2.05) is 11.8 Å². The first-order valence-electron chi connectivity index (χ1n) is 20.8. The molecule has 0 N–H and O–H groups in total. The average molecular weight is 783 g/mol. The van der Waals surface area contributed by atoms with Gasteiger partial charge in [0.05, 0.1) is 44.4 Å². The van der Waals surface area contributed by atoms with Crippen LogP contribution in [-0.4, -0.2) is 19.1 Å². The van der Waals surface area contributed by atoms with E-state index in [1.165, 1.54) is 87.0 Å². The van der Waals surface area contributed by atoms with Crippen molar-refractivity contribution >= 4 is 77.9 Å². The summed E-state index contributed by atoms with van der Waals surface area (Å²) in [5, 5.41) is 6.03. The van der Waals surface area contributed by atoms with Crippen molar-refractivity contribution in [3.05, 3.63) is 215 Å². The van der Waals surface area contributed by atoms with Crippen molar-refractivity contribution in [2.45, 2.75) is 28.0 Å². The normalized spacial score (nSPS) is 16.3. The Hall–Kier alpha value is -7.21. The van der Waals surface area contributed by atoms with Gasteiger partial charge < -0.3 is 4.57 Å². The van der Waals surface area contributed by atoms with Crippen LogP contribution in [0.25, 0.3) is 77.8 Å². The van der Waals surface area contributed by atoms with Gasteiger partial charge in [0, 0.05) is 36.7 Å². The maximum absolute atomic E-state index is 5.63. The molecule has 280 valence electrons. The SMILES string of the molecule is C1=C(c2nc(-n3c4ccccc4c4ccc5c(c43)Sc3ccccc3C53c4ccccc4-n4c5ccccc5c5cccc3c54)nc3ccccc23)CCc2ccccc21. The molecule has 3 aliphatic rings. The number of nitrogens with zero attached hydrogens (tertiary/aromatic N) is 4. The van der Waals surface area contributed by atoms with Gasteiger partial charge in [0.1, 0.15) is 0 Å². The summed E-state index contributed by atoms with van der Waals surface area (Å²) >= 11 is 1.89. The van der Waals surface area contributed by atoms with Crippen LogP contribution in [0.15, 0.2) is 186 Å². The van der Waals surface area contributed by atoms with Crippen molar-refractivity contribution < 1.29 is 0 Å². The minimum atomic E-state index is -0.594. The molecule has 0 saturated carbocycles. The summed E-state index contributed by atoms with van der Waals surface area (Å²) in [6.45, 7) is 0. The molecule has 4 nitrogen and oxygen atoms in total. The van der Waals surface area contributed by atoms with Crippen LogP contribution >= 0.6 is 11.8 Å². The van der Waals surface area contributed by atoms with Gasteiger partial charge in [-0.1, -0.05) is 157 Å². The summed E-state index contributed by atoms with van der Waals surface area (Å²) in [7, 11) is 0. The molecule has 1 spiro atoms. The predicted molar refractivity (Wildman–Crippen MR) is 247 cm³/mol. The largest absolute Gasteiger partial charge is 0.309 e. The lowest BCUT2D eigenvalue weighted by atomic mass is 9.62. The molecule has 5 heteroatoms. The summed E-state index contributed by atoms with van der Waals surface area (Å²) in [6, 6.07) is 65.0. The zero-order valence-electron chi connectivity index (χ0n) is 32.4. The van der Waals surface area contributed by atoms with Gasteiger partial charge in [-0.2, -0.15) is 0 Å². The second-order valence-corrected chi connectivity index (χ2v) is 17.4. The number of hydrogen-bond donors (Lipinski definition) is 0. The number of allylic oxidation sites excluding steroid dienone is 1. The van der Waals surface area contributed by atoms with Gasteiger partial charge in [-0.15, -0.1) is 0 Å². The average Bonchev–Trinajstić information content (AvgIpc) is 3.84. The third-order valence-electron chi connectivity index (χ3n) is 13.5. The lowest BCUT2D eigenvalue weighted by Crippen LogP contribution is -2.37. The first-order valence-corrected chi connectivity index (χ1v) is 21.6. The lowest BCUT2D eigenvalue weighted by Gasteiger charge is -2.45. The highest BCUT2D eigenvalue weighted by atomic mass is 32.2. The Labute approximate surface area is 350 Å². The standard InChI is InChI=1S/C55H34N4S/c1-2-15-34-32-35(29-28-33(34)14-1)50-40-18-3-8-23-45(40)56-54(57-50)59-47-25-10-5-17-37(47)39-30-31-44-53(52(39)59)60-49-27-12-7-21-42(49)55(44)41-20-6-11-26-48(41)58-46-24-9-4-16-36(46)38-19-13-22-43(55)51(38)58/h1-27,30-32H,28-29H2. The molecule has 14 rings (SSSR count). The maximum Gasteiger partial charge on any atom is 0.235 e. The smallest absolute Gasteiger partial charge is 0.235 e. The quantitative estimate of drug-likeness (QED) is 0.175. The van der Waals surface area contributed by atoms with Gasteiger partial charge in [-0.05, 0) is 88.2 Å². The van der Waals surface area contributed by atoms with Gasteiger partial charge in [-0.25, -0.2) is 9.97 Å². The molecule has 1 atom stereocenters. The van der Waals surface area contributed by atoms with Gasteiger partial charge in [-0.3, -0.25) is 4.57 Å². The van der Waals surface area contributed by atoms with Crippen LogP contribution in [0.3, 0.4) is 0 Å². The predicted octanol–water partition coefficient (Wildman–Crippen LogP) is 13.5. The fourth-order valence-electron chi connectivity index (χ4n) is 11.1. The molecule has 60 heavy (non-hydrogen) atoms. The van der Waals surface area contributed by atoms with Crippen molar-refractivity contribution in [3.8, 4) is 11.6 Å². The molecule has 1 aliphatic carbocycles. The fraction of sp³-hybridized carbons (Fsp3) is 0.0545. The first kappa shape index (κ1) is 32.7. The van der Waals surface area contributed by atoms with E-state index >= 15 is 0 Å². The van der Waals surface area contributed by atoms with E-state index in [1.54, 1.807) is 0 Å². The number of fused-ring (bicyclic) bond motifs is 17. The van der Waals surface area contributed by atoms with Gasteiger partial charge in [0.15, 0.2) is 0 Å². The number of hydrogen-bond acceptors (Lipinski definition) is 3. The van der Waals surface area contributed by atoms with Gasteiger partial charge in [0.2, 0.25) is 5.95 Å². The van der Waals surface area contributed by atoms with Crippen LogP contribution in [0.5, 0.6) is 0 Å². The van der Waals surface area contributed by atoms with Crippen molar-refractivity contribution in [3.63, 3.8) is 0 Å². The van der Waals surface area contributed by atoms with Crippen molar-refractivity contribution in [2.75, 3.05) is 0 Å². The van der Waals surface area contributed by atoms with Crippen molar-refractivity contribution in [2.24, 2.45) is 0 Å². The van der Waals surface area contributed by atoms with Crippen LogP contribution < -0.4 is 0 Å². The van der Waals surface area contributed by atoms with E-state index in [-0.39, 0.29) is 0 Å². The van der Waals surface area contributed by atoms with E-state index in [0.717, 1.165) is 40.5 Å². The summed E-state index contributed by atoms with van der Waals surface area (Å²) in [6.07, 6.45) is 4.27. The summed E-state index contributed by atoms with van der Waals surface area (Å²) in [5.41, 5.74) is 16.4. The Kier molecular flexibility index (Phi) is 6.51. The Morgan fingerprint density at radius 1 is 0.467 bits per heavy atom. The lowest BCUT2D eigenvalue weighted by molar-refractivity contribution is 0.691. The van der Waals surface area contributed by atoms with Crippen LogP contribution in [0.1, 0.15) is 45.5 Å². The second-order valence-electron chi connectivity index (χ2n) is 16.4. The van der Waals surface area contributed by atoms with Crippen LogP contribution in [0, 0.1) is 0 Å². The molecular formula is C55H34N4S. The Bertz CT molecular complexity index is 3720. The number of rotatable bonds is 2. The minimum absolute atomic E-state index is 0.594. The second kappa shape index (κ2) is 11.9. The number of aryl methyl sites for hydroxylation is 1. The van der Waals surface area contributed by atoms with Crippen molar-refractivity contribution in [1.82, 2.24) is 19.1 Å². The molecule has 5 heterocycles. The molecule has 1 unspecified atom stereocenters.